The van der Waals surface area contributed by atoms with Crippen LogP contribution in [-0.4, -0.2) is 40.2 Å². The van der Waals surface area contributed by atoms with Gasteiger partial charge in [0, 0.05) is 35.9 Å². The number of pyridine rings is 1. The van der Waals surface area contributed by atoms with E-state index in [-0.39, 0.29) is 18.0 Å². The highest BCUT2D eigenvalue weighted by molar-refractivity contribution is 8.00. The monoisotopic (exact) mass is 279 g/mol. The first-order valence-corrected chi connectivity index (χ1v) is 7.75. The van der Waals surface area contributed by atoms with Crippen LogP contribution in [0.25, 0.3) is 0 Å². The van der Waals surface area contributed by atoms with Gasteiger partial charge in [-0.3, -0.25) is 9.78 Å². The summed E-state index contributed by atoms with van der Waals surface area (Å²) >= 11 is 1.56. The number of hydrogen-bond donors (Lipinski definition) is 1. The summed E-state index contributed by atoms with van der Waals surface area (Å²) in [6, 6.07) is 4.11. The van der Waals surface area contributed by atoms with Crippen LogP contribution in [0, 0.1) is 0 Å². The summed E-state index contributed by atoms with van der Waals surface area (Å²) in [6.07, 6.45) is 6.79. The van der Waals surface area contributed by atoms with E-state index < -0.39 is 0 Å². The lowest BCUT2D eigenvalue weighted by molar-refractivity contribution is -0.132. The molecule has 1 amide bonds. The van der Waals surface area contributed by atoms with Crippen molar-refractivity contribution in [1.29, 1.82) is 0 Å². The first-order valence-electron chi connectivity index (χ1n) is 6.76. The van der Waals surface area contributed by atoms with E-state index in [1.165, 1.54) is 6.42 Å². The van der Waals surface area contributed by atoms with Crippen molar-refractivity contribution in [2.24, 2.45) is 5.73 Å². The molecule has 2 atom stereocenters. The van der Waals surface area contributed by atoms with Gasteiger partial charge in [-0.05, 0) is 38.3 Å². The van der Waals surface area contributed by atoms with E-state index in [2.05, 4.69) is 4.98 Å². The van der Waals surface area contributed by atoms with Gasteiger partial charge in [0.05, 0.1) is 5.75 Å². The van der Waals surface area contributed by atoms with E-state index in [4.69, 9.17) is 5.73 Å². The van der Waals surface area contributed by atoms with Crippen LogP contribution in [0.1, 0.15) is 26.2 Å². The molecule has 2 unspecified atom stereocenters. The first-order chi connectivity index (χ1) is 9.18. The minimum atomic E-state index is 0.0511. The number of thioether (sulfide) groups is 1. The van der Waals surface area contributed by atoms with E-state index in [0.717, 1.165) is 24.3 Å². The Morgan fingerprint density at radius 2 is 2.26 bits per heavy atom. The number of carbonyl (C=O) groups excluding carboxylic acids is 1. The third-order valence-corrected chi connectivity index (χ3v) is 4.49. The van der Waals surface area contributed by atoms with Crippen LogP contribution in [0.2, 0.25) is 0 Å². The van der Waals surface area contributed by atoms with Gasteiger partial charge in [0.1, 0.15) is 0 Å². The Kier molecular flexibility index (Phi) is 5.22. The summed E-state index contributed by atoms with van der Waals surface area (Å²) in [5, 5.41) is 0. The number of aromatic nitrogens is 1. The quantitative estimate of drug-likeness (QED) is 0.855. The molecule has 0 radical (unpaired) electrons. The Labute approximate surface area is 118 Å². The molecule has 1 aliphatic heterocycles. The molecule has 1 saturated heterocycles. The lowest BCUT2D eigenvalue weighted by Crippen LogP contribution is -2.52. The van der Waals surface area contributed by atoms with Crippen molar-refractivity contribution in [1.82, 2.24) is 9.88 Å². The zero-order valence-corrected chi connectivity index (χ0v) is 12.1. The average Bonchev–Trinajstić information content (AvgIpc) is 2.46. The van der Waals surface area contributed by atoms with Crippen LogP contribution >= 0.6 is 11.8 Å². The van der Waals surface area contributed by atoms with Gasteiger partial charge in [0.15, 0.2) is 0 Å². The van der Waals surface area contributed by atoms with Gasteiger partial charge < -0.3 is 10.6 Å². The second-order valence-electron chi connectivity index (χ2n) is 4.98. The highest BCUT2D eigenvalue weighted by atomic mass is 32.2. The predicted octanol–water partition coefficient (Wildman–Crippen LogP) is 1.90. The van der Waals surface area contributed by atoms with E-state index in [1.807, 2.05) is 24.0 Å². The molecule has 1 aliphatic rings. The van der Waals surface area contributed by atoms with Gasteiger partial charge in [0.2, 0.25) is 5.91 Å². The molecular formula is C14H21N3OS. The second-order valence-corrected chi connectivity index (χ2v) is 6.03. The Hall–Kier alpha value is -1.07. The molecule has 2 N–H and O–H groups in total. The zero-order valence-electron chi connectivity index (χ0n) is 11.3. The van der Waals surface area contributed by atoms with Crippen LogP contribution in [0.3, 0.4) is 0 Å². The van der Waals surface area contributed by atoms with E-state index in [9.17, 15) is 4.79 Å². The third kappa shape index (κ3) is 3.94. The molecule has 0 aliphatic carbocycles. The van der Waals surface area contributed by atoms with Gasteiger partial charge in [-0.1, -0.05) is 0 Å². The van der Waals surface area contributed by atoms with Crippen molar-refractivity contribution in [2.45, 2.75) is 43.2 Å². The van der Waals surface area contributed by atoms with Crippen molar-refractivity contribution in [3.05, 3.63) is 24.5 Å². The Bertz CT molecular complexity index is 410. The molecule has 1 fully saturated rings. The minimum Gasteiger partial charge on any atom is -0.337 e. The van der Waals surface area contributed by atoms with Crippen molar-refractivity contribution in [3.8, 4) is 0 Å². The van der Waals surface area contributed by atoms with Crippen molar-refractivity contribution in [2.75, 3.05) is 12.3 Å². The summed E-state index contributed by atoms with van der Waals surface area (Å²) in [4.78, 5) is 19.3. The van der Waals surface area contributed by atoms with Crippen LogP contribution in [0.15, 0.2) is 29.4 Å². The summed E-state index contributed by atoms with van der Waals surface area (Å²) < 4.78 is 0. The average molecular weight is 279 g/mol. The van der Waals surface area contributed by atoms with Crippen molar-refractivity contribution >= 4 is 17.7 Å². The number of piperidine rings is 1. The fourth-order valence-electron chi connectivity index (χ4n) is 2.48. The molecule has 0 bridgehead atoms. The smallest absolute Gasteiger partial charge is 0.233 e. The zero-order chi connectivity index (χ0) is 13.7. The number of nitrogens with zero attached hydrogens (tertiary/aromatic N) is 2. The summed E-state index contributed by atoms with van der Waals surface area (Å²) in [5.74, 6) is 0.677. The molecule has 1 aromatic heterocycles. The van der Waals surface area contributed by atoms with Crippen LogP contribution in [0.5, 0.6) is 0 Å². The normalized spacial score (nSPS) is 21.2. The molecule has 5 heteroatoms. The largest absolute Gasteiger partial charge is 0.337 e. The predicted molar refractivity (Wildman–Crippen MR) is 78.0 cm³/mol. The lowest BCUT2D eigenvalue weighted by atomic mass is 9.97. The topological polar surface area (TPSA) is 59.2 Å². The Morgan fingerprint density at radius 1 is 1.53 bits per heavy atom. The van der Waals surface area contributed by atoms with Crippen LogP contribution < -0.4 is 5.73 Å². The summed E-state index contributed by atoms with van der Waals surface area (Å²) in [7, 11) is 0. The Balaban J connectivity index is 1.91. The second kappa shape index (κ2) is 6.91. The minimum absolute atomic E-state index is 0.0511. The van der Waals surface area contributed by atoms with E-state index in [0.29, 0.717) is 5.75 Å². The summed E-state index contributed by atoms with van der Waals surface area (Å²) in [5.41, 5.74) is 5.99. The van der Waals surface area contributed by atoms with E-state index >= 15 is 0 Å². The van der Waals surface area contributed by atoms with Gasteiger partial charge in [-0.15, -0.1) is 11.8 Å². The molecule has 4 nitrogen and oxygen atoms in total. The third-order valence-electron chi connectivity index (χ3n) is 3.49. The molecule has 0 spiro atoms. The maximum Gasteiger partial charge on any atom is 0.233 e. The number of rotatable bonds is 4. The number of carbonyl (C=O) groups is 1. The standard InChI is InChI=1S/C14H21N3OS/c1-11(15)13-4-2-3-9-17(13)14(18)10-19-12-5-7-16-8-6-12/h5-8,11,13H,2-4,9-10,15H2,1H3. The van der Waals surface area contributed by atoms with Gasteiger partial charge in [-0.25, -0.2) is 0 Å². The maximum absolute atomic E-state index is 12.3. The number of hydrogen-bond acceptors (Lipinski definition) is 4. The van der Waals surface area contributed by atoms with Crippen LogP contribution in [-0.2, 0) is 4.79 Å². The van der Waals surface area contributed by atoms with Crippen molar-refractivity contribution < 1.29 is 4.79 Å². The lowest BCUT2D eigenvalue weighted by Gasteiger charge is -2.38. The number of nitrogens with two attached hydrogens (primary N) is 1. The molecule has 2 rings (SSSR count). The molecule has 104 valence electrons. The fraction of sp³-hybridized carbons (Fsp3) is 0.571. The van der Waals surface area contributed by atoms with Gasteiger partial charge in [-0.2, -0.15) is 0 Å². The highest BCUT2D eigenvalue weighted by Gasteiger charge is 2.28. The van der Waals surface area contributed by atoms with Crippen LogP contribution in [0.4, 0.5) is 0 Å². The number of likely N-dealkylation sites (tertiary alicyclic amines) is 1. The molecule has 0 saturated carbocycles. The number of amides is 1. The molecule has 2 heterocycles. The highest BCUT2D eigenvalue weighted by Crippen LogP contribution is 2.22. The maximum atomic E-state index is 12.3. The SMILES string of the molecule is CC(N)C1CCCCN1C(=O)CSc1ccncc1. The van der Waals surface area contributed by atoms with Gasteiger partial charge in [0.25, 0.3) is 0 Å². The fourth-order valence-corrected chi connectivity index (χ4v) is 3.25. The molecule has 1 aromatic rings. The first kappa shape index (κ1) is 14.3. The van der Waals surface area contributed by atoms with Crippen molar-refractivity contribution in [3.63, 3.8) is 0 Å². The molecule has 19 heavy (non-hydrogen) atoms. The Morgan fingerprint density at radius 3 is 2.95 bits per heavy atom. The van der Waals surface area contributed by atoms with E-state index in [1.54, 1.807) is 24.2 Å². The summed E-state index contributed by atoms with van der Waals surface area (Å²) in [6.45, 7) is 2.84. The molecule has 0 aromatic carbocycles. The van der Waals surface area contributed by atoms with Gasteiger partial charge >= 0.3 is 0 Å². The molecular weight excluding hydrogens is 258 g/mol.